The molecule has 0 aliphatic carbocycles. The first-order valence-electron chi connectivity index (χ1n) is 8.59. The summed E-state index contributed by atoms with van der Waals surface area (Å²) in [5, 5.41) is 2.85. The van der Waals surface area contributed by atoms with Gasteiger partial charge in [-0.2, -0.15) is 0 Å². The molecule has 126 valence electrons. The van der Waals surface area contributed by atoms with Crippen LogP contribution in [-0.2, 0) is 6.42 Å². The van der Waals surface area contributed by atoms with E-state index in [1.807, 2.05) is 48.8 Å². The monoisotopic (exact) mass is 331 g/mol. The number of nitrogens with zero attached hydrogens (tertiary/aromatic N) is 1. The maximum atomic E-state index is 13.1. The lowest BCUT2D eigenvalue weighted by Gasteiger charge is -2.16. The van der Waals surface area contributed by atoms with Crippen molar-refractivity contribution >= 4 is 21.7 Å². The molecule has 2 heterocycles. The zero-order chi connectivity index (χ0) is 17.4. The summed E-state index contributed by atoms with van der Waals surface area (Å²) in [5.41, 5.74) is 9.10. The topological polar surface area (TPSA) is 63.8 Å². The summed E-state index contributed by atoms with van der Waals surface area (Å²) >= 11 is 0. The van der Waals surface area contributed by atoms with Gasteiger partial charge in [-0.15, -0.1) is 0 Å². The van der Waals surface area contributed by atoms with E-state index in [2.05, 4.69) is 24.0 Å². The van der Waals surface area contributed by atoms with E-state index in [0.717, 1.165) is 39.2 Å². The third-order valence-corrected chi connectivity index (χ3v) is 4.95. The van der Waals surface area contributed by atoms with E-state index in [1.54, 1.807) is 4.57 Å². The molecule has 0 amide bonds. The Kier molecular flexibility index (Phi) is 3.90. The van der Waals surface area contributed by atoms with Crippen LogP contribution in [0.25, 0.3) is 21.7 Å². The quantitative estimate of drug-likeness (QED) is 0.600. The Bertz CT molecular complexity index is 1090. The second kappa shape index (κ2) is 6.22. The maximum Gasteiger partial charge on any atom is 0.258 e. The van der Waals surface area contributed by atoms with Gasteiger partial charge in [-0.1, -0.05) is 30.3 Å². The van der Waals surface area contributed by atoms with E-state index in [1.165, 1.54) is 0 Å². The molecule has 4 aromatic rings. The van der Waals surface area contributed by atoms with Gasteiger partial charge in [-0.25, -0.2) is 0 Å². The van der Waals surface area contributed by atoms with Gasteiger partial charge in [0.1, 0.15) is 0 Å². The van der Waals surface area contributed by atoms with Crippen molar-refractivity contribution in [2.75, 3.05) is 6.54 Å². The molecular formula is C21H21N3O. The van der Waals surface area contributed by atoms with Crippen molar-refractivity contribution in [3.63, 3.8) is 0 Å². The number of hydrogen-bond acceptors (Lipinski definition) is 2. The summed E-state index contributed by atoms with van der Waals surface area (Å²) in [5.74, 6) is 0. The number of rotatable bonds is 4. The van der Waals surface area contributed by atoms with Gasteiger partial charge >= 0.3 is 0 Å². The third kappa shape index (κ3) is 2.55. The molecule has 0 bridgehead atoms. The van der Waals surface area contributed by atoms with Crippen molar-refractivity contribution in [2.45, 2.75) is 19.4 Å². The maximum absolute atomic E-state index is 13.1. The summed E-state index contributed by atoms with van der Waals surface area (Å²) in [6.45, 7) is 2.64. The molecule has 2 aromatic heterocycles. The van der Waals surface area contributed by atoms with E-state index in [-0.39, 0.29) is 11.6 Å². The molecule has 0 spiro atoms. The van der Waals surface area contributed by atoms with Gasteiger partial charge in [0.15, 0.2) is 0 Å². The Hall–Kier alpha value is -2.85. The zero-order valence-electron chi connectivity index (χ0n) is 14.2. The number of benzene rings is 2. The number of nitrogens with one attached hydrogen (secondary N) is 1. The number of aromatic nitrogens is 2. The molecular weight excluding hydrogens is 310 g/mol. The van der Waals surface area contributed by atoms with Crippen LogP contribution < -0.4 is 11.3 Å². The van der Waals surface area contributed by atoms with E-state index in [9.17, 15) is 4.79 Å². The average Bonchev–Trinajstić information content (AvgIpc) is 3.06. The highest BCUT2D eigenvalue weighted by atomic mass is 16.1. The van der Waals surface area contributed by atoms with E-state index in [4.69, 9.17) is 5.73 Å². The molecule has 0 fully saturated rings. The average molecular weight is 331 g/mol. The zero-order valence-corrected chi connectivity index (χ0v) is 14.2. The summed E-state index contributed by atoms with van der Waals surface area (Å²) in [6.07, 6.45) is 4.69. The number of nitrogens with two attached hydrogens (primary N) is 1. The van der Waals surface area contributed by atoms with Gasteiger partial charge in [-0.05, 0) is 54.6 Å². The van der Waals surface area contributed by atoms with E-state index in [0.29, 0.717) is 6.54 Å². The predicted molar refractivity (Wildman–Crippen MR) is 103 cm³/mol. The van der Waals surface area contributed by atoms with E-state index >= 15 is 0 Å². The van der Waals surface area contributed by atoms with Gasteiger partial charge < -0.3 is 15.3 Å². The number of H-pyrrole nitrogens is 1. The van der Waals surface area contributed by atoms with Crippen molar-refractivity contribution < 1.29 is 0 Å². The Morgan fingerprint density at radius 2 is 1.88 bits per heavy atom. The molecule has 0 saturated heterocycles. The minimum atomic E-state index is -0.0106. The van der Waals surface area contributed by atoms with Crippen molar-refractivity contribution in [3.8, 4) is 0 Å². The molecule has 4 heteroatoms. The Labute approximate surface area is 145 Å². The first-order chi connectivity index (χ1) is 12.2. The minimum absolute atomic E-state index is 0.0106. The SMILES string of the molecule is CC(c1ccccc1)n1ccc2c(ccc3[nH]cc(CCN)c32)c1=O. The van der Waals surface area contributed by atoms with Crippen LogP contribution in [0.2, 0.25) is 0 Å². The molecule has 0 saturated carbocycles. The fourth-order valence-corrected chi connectivity index (χ4v) is 3.59. The van der Waals surface area contributed by atoms with Crippen LogP contribution in [0.15, 0.2) is 65.7 Å². The van der Waals surface area contributed by atoms with Crippen LogP contribution in [0.1, 0.15) is 24.1 Å². The van der Waals surface area contributed by atoms with Crippen LogP contribution >= 0.6 is 0 Å². The van der Waals surface area contributed by atoms with Crippen LogP contribution in [0.3, 0.4) is 0 Å². The van der Waals surface area contributed by atoms with Crippen LogP contribution in [0, 0.1) is 0 Å². The minimum Gasteiger partial charge on any atom is -0.361 e. The normalized spacial score (nSPS) is 12.7. The standard InChI is InChI=1S/C21H21N3O/c1-14(15-5-3-2-4-6-15)24-12-10-17-18(21(24)25)7-8-19-20(17)16(9-11-22)13-23-19/h2-8,10,12-14,23H,9,11,22H2,1H3. The molecule has 0 aliphatic rings. The number of fused-ring (bicyclic) bond motifs is 3. The fourth-order valence-electron chi connectivity index (χ4n) is 3.59. The third-order valence-electron chi connectivity index (χ3n) is 4.95. The molecule has 2 aromatic carbocycles. The van der Waals surface area contributed by atoms with Crippen molar-refractivity contribution in [3.05, 3.63) is 82.4 Å². The number of pyridine rings is 1. The smallest absolute Gasteiger partial charge is 0.258 e. The Balaban J connectivity index is 1.93. The van der Waals surface area contributed by atoms with Crippen molar-refractivity contribution in [1.29, 1.82) is 0 Å². The van der Waals surface area contributed by atoms with Crippen molar-refractivity contribution in [1.82, 2.24) is 9.55 Å². The molecule has 4 rings (SSSR count). The largest absolute Gasteiger partial charge is 0.361 e. The van der Waals surface area contributed by atoms with Gasteiger partial charge in [-0.3, -0.25) is 4.79 Å². The van der Waals surface area contributed by atoms with Crippen molar-refractivity contribution in [2.24, 2.45) is 5.73 Å². The first-order valence-corrected chi connectivity index (χ1v) is 8.59. The highest BCUT2D eigenvalue weighted by Gasteiger charge is 2.14. The lowest BCUT2D eigenvalue weighted by molar-refractivity contribution is 0.620. The lowest BCUT2D eigenvalue weighted by Crippen LogP contribution is -2.23. The number of aromatic amines is 1. The van der Waals surface area contributed by atoms with Crippen LogP contribution in [0.4, 0.5) is 0 Å². The van der Waals surface area contributed by atoms with Crippen LogP contribution in [0.5, 0.6) is 0 Å². The first kappa shape index (κ1) is 15.7. The Morgan fingerprint density at radius 1 is 1.08 bits per heavy atom. The van der Waals surface area contributed by atoms with Gasteiger partial charge in [0.25, 0.3) is 5.56 Å². The van der Waals surface area contributed by atoms with Crippen LogP contribution in [-0.4, -0.2) is 16.1 Å². The van der Waals surface area contributed by atoms with Gasteiger partial charge in [0.2, 0.25) is 0 Å². The summed E-state index contributed by atoms with van der Waals surface area (Å²) < 4.78 is 1.80. The highest BCUT2D eigenvalue weighted by molar-refractivity contribution is 6.07. The highest BCUT2D eigenvalue weighted by Crippen LogP contribution is 2.27. The predicted octanol–water partition coefficient (Wildman–Crippen LogP) is 3.59. The molecule has 3 N–H and O–H groups in total. The summed E-state index contributed by atoms with van der Waals surface area (Å²) in [7, 11) is 0. The summed E-state index contributed by atoms with van der Waals surface area (Å²) in [6, 6.07) is 16.0. The molecule has 4 nitrogen and oxygen atoms in total. The lowest BCUT2D eigenvalue weighted by atomic mass is 10.0. The van der Waals surface area contributed by atoms with Gasteiger partial charge in [0, 0.05) is 28.7 Å². The second-order valence-electron chi connectivity index (χ2n) is 6.42. The molecule has 25 heavy (non-hydrogen) atoms. The fraction of sp³-hybridized carbons (Fsp3) is 0.190. The van der Waals surface area contributed by atoms with E-state index < -0.39 is 0 Å². The summed E-state index contributed by atoms with van der Waals surface area (Å²) in [4.78, 5) is 16.4. The number of hydrogen-bond donors (Lipinski definition) is 2. The molecule has 0 aliphatic heterocycles. The molecule has 1 atom stereocenters. The van der Waals surface area contributed by atoms with Gasteiger partial charge in [0.05, 0.1) is 6.04 Å². The molecule has 1 unspecified atom stereocenters. The Morgan fingerprint density at radius 3 is 2.64 bits per heavy atom. The molecule has 0 radical (unpaired) electrons. The second-order valence-corrected chi connectivity index (χ2v) is 6.42.